The van der Waals surface area contributed by atoms with E-state index in [4.69, 9.17) is 19.1 Å². The first kappa shape index (κ1) is 20.5. The summed E-state index contributed by atoms with van der Waals surface area (Å²) in [6.45, 7) is 0. The summed E-state index contributed by atoms with van der Waals surface area (Å²) in [4.78, 5) is 34.4. The minimum Gasteiger partial charge on any atom is -0.497 e. The first-order chi connectivity index (χ1) is 14.6. The van der Waals surface area contributed by atoms with Crippen LogP contribution in [0.4, 0.5) is 11.4 Å². The Morgan fingerprint density at radius 3 is 1.20 bits per heavy atom. The van der Waals surface area contributed by atoms with E-state index in [-0.39, 0.29) is 11.1 Å². The molecule has 0 radical (unpaired) electrons. The zero-order valence-electron chi connectivity index (χ0n) is 16.4. The molecule has 8 heteroatoms. The highest BCUT2D eigenvalue weighted by Crippen LogP contribution is 2.17. The molecule has 0 aromatic heterocycles. The molecule has 3 rings (SSSR count). The third-order valence-electron chi connectivity index (χ3n) is 4.06. The quantitative estimate of drug-likeness (QED) is 0.539. The first-order valence-electron chi connectivity index (χ1n) is 8.91. The number of carbonyl (C=O) groups excluding carboxylic acids is 2. The Labute approximate surface area is 173 Å². The lowest BCUT2D eigenvalue weighted by atomic mass is 10.1. The lowest BCUT2D eigenvalue weighted by Crippen LogP contribution is -2.13. The van der Waals surface area contributed by atoms with Gasteiger partial charge in [0.25, 0.3) is 0 Å². The normalized spacial score (nSPS) is 9.93. The zero-order chi connectivity index (χ0) is 21.3. The van der Waals surface area contributed by atoms with Crippen molar-refractivity contribution in [2.75, 3.05) is 25.2 Å². The van der Waals surface area contributed by atoms with Crippen molar-refractivity contribution in [2.45, 2.75) is 0 Å². The van der Waals surface area contributed by atoms with Crippen LogP contribution in [0.2, 0.25) is 0 Å². The summed E-state index contributed by atoms with van der Waals surface area (Å²) in [6.07, 6.45) is 0. The van der Waals surface area contributed by atoms with Gasteiger partial charge in [0.15, 0.2) is 0 Å². The number of ether oxygens (including phenoxy) is 2. The Balaban J connectivity index is 1.51. The van der Waals surface area contributed by atoms with Gasteiger partial charge in [0.1, 0.15) is 11.5 Å². The van der Waals surface area contributed by atoms with Crippen LogP contribution in [0.25, 0.3) is 0 Å². The van der Waals surface area contributed by atoms with E-state index in [0.29, 0.717) is 22.9 Å². The van der Waals surface area contributed by atoms with Crippen LogP contribution in [0.3, 0.4) is 0 Å². The van der Waals surface area contributed by atoms with Gasteiger partial charge in [0.2, 0.25) is 0 Å². The molecule has 154 valence electrons. The molecular formula is C22H20N2O6. The third-order valence-corrected chi connectivity index (χ3v) is 4.06. The molecule has 30 heavy (non-hydrogen) atoms. The molecule has 8 nitrogen and oxygen atoms in total. The zero-order valence-corrected chi connectivity index (χ0v) is 16.4. The fourth-order valence-corrected chi connectivity index (χ4v) is 2.39. The van der Waals surface area contributed by atoms with Crippen molar-refractivity contribution in [3.8, 4) is 11.5 Å². The molecule has 3 aromatic carbocycles. The Morgan fingerprint density at radius 2 is 0.900 bits per heavy atom. The van der Waals surface area contributed by atoms with Gasteiger partial charge in [-0.1, -0.05) is 0 Å². The summed E-state index contributed by atoms with van der Waals surface area (Å²) in [5.74, 6) is 0.191. The molecule has 0 aliphatic carbocycles. The standard InChI is InChI=1S/C22H20N2O6/c1-27-19-11-7-17(8-12-19)23-29-21(25)15-3-5-16(6-4-15)22(26)30-24-18-9-13-20(28-2)14-10-18/h3-14,23-24H,1-2H3. The van der Waals surface area contributed by atoms with E-state index in [1.807, 2.05) is 0 Å². The van der Waals surface area contributed by atoms with E-state index in [9.17, 15) is 9.59 Å². The van der Waals surface area contributed by atoms with Gasteiger partial charge < -0.3 is 19.1 Å². The maximum absolute atomic E-state index is 12.1. The predicted octanol–water partition coefficient (Wildman–Crippen LogP) is 4.07. The number of anilines is 2. The maximum Gasteiger partial charge on any atom is 0.362 e. The lowest BCUT2D eigenvalue weighted by Gasteiger charge is -2.09. The van der Waals surface area contributed by atoms with Gasteiger partial charge in [-0.25, -0.2) is 20.5 Å². The van der Waals surface area contributed by atoms with Crippen molar-refractivity contribution >= 4 is 23.3 Å². The molecular weight excluding hydrogens is 388 g/mol. The molecule has 2 N–H and O–H groups in total. The maximum atomic E-state index is 12.1. The molecule has 0 atom stereocenters. The van der Waals surface area contributed by atoms with Crippen molar-refractivity contribution in [3.05, 3.63) is 83.9 Å². The van der Waals surface area contributed by atoms with Crippen LogP contribution in [0.15, 0.2) is 72.8 Å². The number of benzene rings is 3. The van der Waals surface area contributed by atoms with Crippen LogP contribution in [-0.4, -0.2) is 26.2 Å². The van der Waals surface area contributed by atoms with Gasteiger partial charge in [0, 0.05) is 0 Å². The highest BCUT2D eigenvalue weighted by Gasteiger charge is 2.12. The summed E-state index contributed by atoms with van der Waals surface area (Å²) >= 11 is 0. The van der Waals surface area contributed by atoms with Crippen LogP contribution >= 0.6 is 0 Å². The van der Waals surface area contributed by atoms with Crippen LogP contribution in [0, 0.1) is 0 Å². The second-order valence-corrected chi connectivity index (χ2v) is 6.02. The second-order valence-electron chi connectivity index (χ2n) is 6.02. The summed E-state index contributed by atoms with van der Waals surface area (Å²) in [6, 6.07) is 19.7. The van der Waals surface area contributed by atoms with Gasteiger partial charge >= 0.3 is 11.9 Å². The average Bonchev–Trinajstić information content (AvgIpc) is 2.81. The number of methoxy groups -OCH3 is 2. The highest BCUT2D eigenvalue weighted by atomic mass is 16.7. The minimum absolute atomic E-state index is 0.274. The van der Waals surface area contributed by atoms with Crippen molar-refractivity contribution in [1.82, 2.24) is 0 Å². The first-order valence-corrected chi connectivity index (χ1v) is 8.91. The Kier molecular flexibility index (Phi) is 6.73. The number of hydrogen-bond donors (Lipinski definition) is 2. The number of nitrogens with one attached hydrogen (secondary N) is 2. The van der Waals surface area contributed by atoms with Crippen LogP contribution in [-0.2, 0) is 9.68 Å². The molecule has 0 saturated carbocycles. The van der Waals surface area contributed by atoms with Crippen molar-refractivity contribution in [1.29, 1.82) is 0 Å². The summed E-state index contributed by atoms with van der Waals surface area (Å²) in [5, 5.41) is 0. The molecule has 0 amide bonds. The van der Waals surface area contributed by atoms with Crippen LogP contribution < -0.4 is 20.4 Å². The van der Waals surface area contributed by atoms with Crippen molar-refractivity contribution in [2.24, 2.45) is 0 Å². The minimum atomic E-state index is -0.595. The Morgan fingerprint density at radius 1 is 0.567 bits per heavy atom. The van der Waals surface area contributed by atoms with Crippen LogP contribution in [0.1, 0.15) is 20.7 Å². The van der Waals surface area contributed by atoms with Crippen LogP contribution in [0.5, 0.6) is 11.5 Å². The van der Waals surface area contributed by atoms with Crippen molar-refractivity contribution in [3.63, 3.8) is 0 Å². The van der Waals surface area contributed by atoms with E-state index in [0.717, 1.165) is 0 Å². The Hall–Kier alpha value is -4.20. The second kappa shape index (κ2) is 9.83. The number of carbonyl (C=O) groups is 2. The van der Waals surface area contributed by atoms with Gasteiger partial charge in [-0.05, 0) is 72.8 Å². The number of rotatable bonds is 8. The highest BCUT2D eigenvalue weighted by molar-refractivity contribution is 5.93. The average molecular weight is 408 g/mol. The van der Waals surface area contributed by atoms with Gasteiger partial charge in [0.05, 0.1) is 36.7 Å². The smallest absolute Gasteiger partial charge is 0.362 e. The molecule has 3 aromatic rings. The Bertz CT molecular complexity index is 903. The van der Waals surface area contributed by atoms with E-state index in [1.165, 1.54) is 24.3 Å². The third kappa shape index (κ3) is 5.41. The predicted molar refractivity (Wildman–Crippen MR) is 111 cm³/mol. The molecule has 0 unspecified atom stereocenters. The monoisotopic (exact) mass is 408 g/mol. The summed E-state index contributed by atoms with van der Waals surface area (Å²) in [5.41, 5.74) is 6.86. The molecule has 0 saturated heterocycles. The lowest BCUT2D eigenvalue weighted by molar-refractivity contribution is 0.0582. The molecule has 0 aliphatic rings. The van der Waals surface area contributed by atoms with Crippen molar-refractivity contribution < 1.29 is 28.7 Å². The number of hydrogen-bond acceptors (Lipinski definition) is 8. The fourth-order valence-electron chi connectivity index (χ4n) is 2.39. The molecule has 0 aliphatic heterocycles. The molecule has 0 bridgehead atoms. The van der Waals surface area contributed by atoms with E-state index >= 15 is 0 Å². The van der Waals surface area contributed by atoms with E-state index in [2.05, 4.69) is 11.0 Å². The van der Waals surface area contributed by atoms with E-state index < -0.39 is 11.9 Å². The van der Waals surface area contributed by atoms with Gasteiger partial charge in [-0.15, -0.1) is 0 Å². The summed E-state index contributed by atoms with van der Waals surface area (Å²) in [7, 11) is 3.13. The van der Waals surface area contributed by atoms with Gasteiger partial charge in [-0.2, -0.15) is 0 Å². The molecule has 0 fully saturated rings. The molecule has 0 heterocycles. The SMILES string of the molecule is COc1ccc(NOC(=O)c2ccc(C(=O)ONc3ccc(OC)cc3)cc2)cc1. The van der Waals surface area contributed by atoms with E-state index in [1.54, 1.807) is 62.8 Å². The fraction of sp³-hybridized carbons (Fsp3) is 0.0909. The molecule has 0 spiro atoms. The van der Waals surface area contributed by atoms with Gasteiger partial charge in [-0.3, -0.25) is 0 Å². The summed E-state index contributed by atoms with van der Waals surface area (Å²) < 4.78 is 10.1. The topological polar surface area (TPSA) is 95.1 Å². The largest absolute Gasteiger partial charge is 0.497 e.